The van der Waals surface area contributed by atoms with Crippen molar-refractivity contribution in [1.82, 2.24) is 30.2 Å². The van der Waals surface area contributed by atoms with Crippen LogP contribution in [-0.2, 0) is 0 Å². The van der Waals surface area contributed by atoms with Gasteiger partial charge in [-0.15, -0.1) is 11.3 Å². The van der Waals surface area contributed by atoms with E-state index < -0.39 is 11.9 Å². The minimum atomic E-state index is -1.12. The summed E-state index contributed by atoms with van der Waals surface area (Å²) in [6.45, 7) is 4.31. The van der Waals surface area contributed by atoms with E-state index in [2.05, 4.69) is 30.6 Å². The van der Waals surface area contributed by atoms with Crippen molar-refractivity contribution >= 4 is 39.6 Å². The average molecular weight is 445 g/mol. The Balaban J connectivity index is 1.62. The number of anilines is 1. The summed E-state index contributed by atoms with van der Waals surface area (Å²) >= 11 is 1.32. The molecule has 162 valence electrons. The van der Waals surface area contributed by atoms with Gasteiger partial charge in [0.1, 0.15) is 10.5 Å². The Bertz CT molecular complexity index is 1150. The van der Waals surface area contributed by atoms with Gasteiger partial charge in [-0.2, -0.15) is 4.98 Å². The molecule has 1 aliphatic heterocycles. The first-order valence-corrected chi connectivity index (χ1v) is 10.4. The van der Waals surface area contributed by atoms with Crippen LogP contribution < -0.4 is 10.6 Å². The number of rotatable bonds is 5. The number of carboxylic acid groups (broad SMARTS) is 1. The summed E-state index contributed by atoms with van der Waals surface area (Å²) < 4.78 is 14.1. The van der Waals surface area contributed by atoms with Gasteiger partial charge < -0.3 is 20.6 Å². The lowest BCUT2D eigenvalue weighted by Crippen LogP contribution is -2.37. The van der Waals surface area contributed by atoms with Crippen LogP contribution in [0.3, 0.4) is 0 Å². The fourth-order valence-electron chi connectivity index (χ4n) is 3.47. The zero-order valence-corrected chi connectivity index (χ0v) is 17.6. The molecule has 1 saturated heterocycles. The van der Waals surface area contributed by atoms with Crippen molar-refractivity contribution in [2.45, 2.75) is 32.4 Å². The van der Waals surface area contributed by atoms with Gasteiger partial charge in [0.2, 0.25) is 5.95 Å². The van der Waals surface area contributed by atoms with Crippen molar-refractivity contribution in [3.05, 3.63) is 40.5 Å². The van der Waals surface area contributed by atoms with Gasteiger partial charge in [0, 0.05) is 19.3 Å². The Kier molecular flexibility index (Phi) is 5.63. The van der Waals surface area contributed by atoms with E-state index >= 15 is 0 Å². The molecule has 4 rings (SSSR count). The summed E-state index contributed by atoms with van der Waals surface area (Å²) in [7, 11) is 0. The number of hydrogen-bond donors (Lipinski definition) is 3. The summed E-state index contributed by atoms with van der Waals surface area (Å²) in [6, 6.07) is 0.682. The van der Waals surface area contributed by atoms with E-state index in [-0.39, 0.29) is 36.2 Å². The number of pyridine rings is 1. The Labute approximate surface area is 180 Å². The second-order valence-electron chi connectivity index (χ2n) is 7.27. The van der Waals surface area contributed by atoms with Crippen LogP contribution in [0.4, 0.5) is 15.1 Å². The lowest BCUT2D eigenvalue weighted by Gasteiger charge is -2.18. The molecule has 0 radical (unpaired) electrons. The maximum absolute atomic E-state index is 13.5. The monoisotopic (exact) mass is 445 g/mol. The highest BCUT2D eigenvalue weighted by molar-refractivity contribution is 7.18. The van der Waals surface area contributed by atoms with Gasteiger partial charge in [0.25, 0.3) is 5.91 Å². The molecule has 4 heterocycles. The summed E-state index contributed by atoms with van der Waals surface area (Å²) in [5, 5.41) is 15.1. The molecule has 2 atom stereocenters. The van der Waals surface area contributed by atoms with Gasteiger partial charge in [-0.1, -0.05) is 0 Å². The number of fused-ring (bicyclic) bond motifs is 1. The van der Waals surface area contributed by atoms with Crippen molar-refractivity contribution in [1.29, 1.82) is 0 Å². The lowest BCUT2D eigenvalue weighted by atomic mass is 10.1. The Morgan fingerprint density at radius 2 is 2.13 bits per heavy atom. The molecular formula is C19H20FN7O3S. The number of nitrogens with zero attached hydrogens (tertiary/aromatic N) is 5. The largest absolute Gasteiger partial charge is 0.465 e. The molecule has 3 aromatic heterocycles. The molecule has 1 aliphatic rings. The van der Waals surface area contributed by atoms with Gasteiger partial charge in [-0.3, -0.25) is 9.78 Å². The topological polar surface area (TPSA) is 133 Å². The number of likely N-dealkylation sites (tertiary alicyclic amines) is 1. The van der Waals surface area contributed by atoms with Crippen molar-refractivity contribution in [3.8, 4) is 0 Å². The van der Waals surface area contributed by atoms with Crippen molar-refractivity contribution in [2.75, 3.05) is 18.4 Å². The van der Waals surface area contributed by atoms with Crippen molar-refractivity contribution in [2.24, 2.45) is 0 Å². The molecule has 1 unspecified atom stereocenters. The number of hydrogen-bond acceptors (Lipinski definition) is 8. The minimum absolute atomic E-state index is 0.192. The highest BCUT2D eigenvalue weighted by Crippen LogP contribution is 2.27. The van der Waals surface area contributed by atoms with Crippen LogP contribution in [0.5, 0.6) is 0 Å². The molecular weight excluding hydrogens is 425 g/mol. The van der Waals surface area contributed by atoms with Crippen LogP contribution in [0, 0.1) is 12.7 Å². The van der Waals surface area contributed by atoms with E-state index in [1.54, 1.807) is 11.8 Å². The molecule has 0 aromatic carbocycles. The van der Waals surface area contributed by atoms with Gasteiger partial charge in [-0.25, -0.2) is 19.2 Å². The SMILES string of the molecule is Cc1nc2nc(NC(C)c3cncc(F)c3)nc(C(=O)N3CC[C@@H](NC(=O)O)C3)c2s1. The minimum Gasteiger partial charge on any atom is -0.465 e. The molecule has 0 bridgehead atoms. The number of halogens is 1. The van der Waals surface area contributed by atoms with Crippen LogP contribution in [0.25, 0.3) is 10.3 Å². The molecule has 3 N–H and O–H groups in total. The van der Waals surface area contributed by atoms with Crippen LogP contribution in [0.1, 0.15) is 40.4 Å². The van der Waals surface area contributed by atoms with E-state index in [9.17, 15) is 14.0 Å². The highest BCUT2D eigenvalue weighted by atomic mass is 32.1. The molecule has 3 aromatic rings. The summed E-state index contributed by atoms with van der Waals surface area (Å²) in [5.74, 6) is -0.571. The first-order valence-electron chi connectivity index (χ1n) is 9.61. The van der Waals surface area contributed by atoms with Crippen LogP contribution in [-0.4, -0.2) is 61.1 Å². The fraction of sp³-hybridized carbons (Fsp3) is 0.368. The second-order valence-corrected chi connectivity index (χ2v) is 8.47. The maximum Gasteiger partial charge on any atom is 0.404 e. The van der Waals surface area contributed by atoms with E-state index in [4.69, 9.17) is 5.11 Å². The Morgan fingerprint density at radius 3 is 2.87 bits per heavy atom. The summed E-state index contributed by atoms with van der Waals surface area (Å²) in [4.78, 5) is 42.7. The molecule has 1 fully saturated rings. The fourth-order valence-corrected chi connectivity index (χ4v) is 4.31. The predicted molar refractivity (Wildman–Crippen MR) is 112 cm³/mol. The van der Waals surface area contributed by atoms with E-state index in [1.165, 1.54) is 23.6 Å². The van der Waals surface area contributed by atoms with Gasteiger partial charge in [0.05, 0.1) is 23.3 Å². The number of aromatic nitrogens is 4. The van der Waals surface area contributed by atoms with E-state index in [0.29, 0.717) is 28.9 Å². The highest BCUT2D eigenvalue weighted by Gasteiger charge is 2.31. The van der Waals surface area contributed by atoms with Crippen LogP contribution >= 0.6 is 11.3 Å². The van der Waals surface area contributed by atoms with Gasteiger partial charge in [0.15, 0.2) is 11.3 Å². The standard InChI is InChI=1S/C19H20FN7O3S/c1-9(11-5-12(20)7-21-6-11)22-18-25-14(15-16(26-18)23-10(2)31-15)17(28)27-4-3-13(8-27)24-19(29)30/h5-7,9,13,24H,3-4,8H2,1-2H3,(H,29,30)(H,22,25,26)/t9?,13-/m1/s1. The third kappa shape index (κ3) is 4.53. The van der Waals surface area contributed by atoms with E-state index in [1.807, 2.05) is 6.92 Å². The Morgan fingerprint density at radius 1 is 1.32 bits per heavy atom. The Hall–Kier alpha value is -3.41. The first-order chi connectivity index (χ1) is 14.8. The zero-order valence-electron chi connectivity index (χ0n) is 16.8. The molecule has 10 nitrogen and oxygen atoms in total. The maximum atomic E-state index is 13.5. The van der Waals surface area contributed by atoms with Crippen molar-refractivity contribution < 1.29 is 19.1 Å². The lowest BCUT2D eigenvalue weighted by molar-refractivity contribution is 0.0785. The zero-order chi connectivity index (χ0) is 22.1. The number of carbonyl (C=O) groups is 2. The summed E-state index contributed by atoms with van der Waals surface area (Å²) in [6.07, 6.45) is 2.07. The smallest absolute Gasteiger partial charge is 0.404 e. The number of nitrogens with one attached hydrogen (secondary N) is 2. The molecule has 0 saturated carbocycles. The third-order valence-electron chi connectivity index (χ3n) is 4.94. The summed E-state index contributed by atoms with van der Waals surface area (Å²) in [5.41, 5.74) is 1.21. The van der Waals surface area contributed by atoms with Crippen LogP contribution in [0.2, 0.25) is 0 Å². The predicted octanol–water partition coefficient (Wildman–Crippen LogP) is 2.58. The number of amides is 2. The second kappa shape index (κ2) is 8.38. The van der Waals surface area contributed by atoms with Gasteiger partial charge >= 0.3 is 6.09 Å². The van der Waals surface area contributed by atoms with Gasteiger partial charge in [-0.05, 0) is 31.9 Å². The third-order valence-corrected chi connectivity index (χ3v) is 5.90. The molecule has 0 spiro atoms. The first kappa shape index (κ1) is 20.8. The van der Waals surface area contributed by atoms with E-state index in [0.717, 1.165) is 11.2 Å². The number of aryl methyl sites for hydroxylation is 1. The molecule has 0 aliphatic carbocycles. The number of thiazole rings is 1. The normalized spacial score (nSPS) is 17.0. The molecule has 12 heteroatoms. The average Bonchev–Trinajstić information content (AvgIpc) is 3.32. The molecule has 31 heavy (non-hydrogen) atoms. The van der Waals surface area contributed by atoms with Crippen molar-refractivity contribution in [3.63, 3.8) is 0 Å². The molecule has 2 amide bonds. The quantitative estimate of drug-likeness (QED) is 0.546. The number of carbonyl (C=O) groups excluding carboxylic acids is 1. The van der Waals surface area contributed by atoms with Crippen LogP contribution in [0.15, 0.2) is 18.5 Å².